The van der Waals surface area contributed by atoms with Gasteiger partial charge >= 0.3 is 0 Å². The molecule has 0 spiro atoms. The van der Waals surface area contributed by atoms with Gasteiger partial charge in [-0.2, -0.15) is 0 Å². The number of thiazole rings is 1. The van der Waals surface area contributed by atoms with Gasteiger partial charge in [-0.15, -0.1) is 0 Å². The van der Waals surface area contributed by atoms with Crippen LogP contribution < -0.4 is 10.1 Å². The lowest BCUT2D eigenvalue weighted by atomic mass is 10.2. The molecule has 1 aromatic heterocycles. The highest BCUT2D eigenvalue weighted by Gasteiger charge is 2.10. The summed E-state index contributed by atoms with van der Waals surface area (Å²) in [7, 11) is 1.62. The summed E-state index contributed by atoms with van der Waals surface area (Å²) in [5.41, 5.74) is 1.42. The molecule has 0 saturated heterocycles. The van der Waals surface area contributed by atoms with Gasteiger partial charge in [-0.3, -0.25) is 10.1 Å². The van der Waals surface area contributed by atoms with E-state index in [-0.39, 0.29) is 5.91 Å². The minimum atomic E-state index is -0.178. The van der Waals surface area contributed by atoms with E-state index in [1.807, 2.05) is 30.3 Å². The number of amides is 1. The number of anilines is 1. The van der Waals surface area contributed by atoms with Crippen molar-refractivity contribution in [1.29, 1.82) is 0 Å². The Bertz CT molecular complexity index is 816. The number of carbonyl (C=O) groups is 1. The van der Waals surface area contributed by atoms with Gasteiger partial charge in [-0.1, -0.05) is 33.3 Å². The number of aromatic nitrogens is 1. The van der Waals surface area contributed by atoms with Crippen LogP contribution in [0.15, 0.2) is 46.9 Å². The first-order valence-electron chi connectivity index (χ1n) is 6.17. The van der Waals surface area contributed by atoms with E-state index < -0.39 is 0 Å². The van der Waals surface area contributed by atoms with E-state index in [1.165, 1.54) is 11.3 Å². The average molecular weight is 363 g/mol. The Kier molecular flexibility index (Phi) is 3.90. The van der Waals surface area contributed by atoms with E-state index in [0.29, 0.717) is 10.7 Å². The van der Waals surface area contributed by atoms with Gasteiger partial charge in [0.2, 0.25) is 0 Å². The van der Waals surface area contributed by atoms with E-state index in [4.69, 9.17) is 4.74 Å². The quantitative estimate of drug-likeness (QED) is 0.754. The number of carbonyl (C=O) groups excluding carboxylic acids is 1. The van der Waals surface area contributed by atoms with E-state index in [9.17, 15) is 4.79 Å². The molecule has 6 heteroatoms. The molecule has 0 fully saturated rings. The third-order valence-corrected chi connectivity index (χ3v) is 4.33. The van der Waals surface area contributed by atoms with Crippen LogP contribution in [0.2, 0.25) is 0 Å². The fourth-order valence-electron chi connectivity index (χ4n) is 1.88. The topological polar surface area (TPSA) is 51.2 Å². The summed E-state index contributed by atoms with van der Waals surface area (Å²) >= 11 is 4.77. The molecule has 0 bridgehead atoms. The number of nitrogens with zero attached hydrogens (tertiary/aromatic N) is 1. The largest absolute Gasteiger partial charge is 0.497 e. The van der Waals surface area contributed by atoms with Crippen molar-refractivity contribution in [1.82, 2.24) is 4.98 Å². The molecule has 0 unspecified atom stereocenters. The van der Waals surface area contributed by atoms with Crippen LogP contribution in [0.5, 0.6) is 5.75 Å². The fourth-order valence-corrected chi connectivity index (χ4v) is 3.17. The first kappa shape index (κ1) is 14.0. The molecule has 0 saturated carbocycles. The van der Waals surface area contributed by atoms with E-state index in [2.05, 4.69) is 26.2 Å². The van der Waals surface area contributed by atoms with Gasteiger partial charge in [0.05, 0.1) is 17.3 Å². The predicted octanol–water partition coefficient (Wildman–Crippen LogP) is 4.32. The Labute approximate surface area is 133 Å². The second-order valence-corrected chi connectivity index (χ2v) is 6.26. The van der Waals surface area contributed by atoms with Crippen LogP contribution in [0.1, 0.15) is 10.4 Å². The molecule has 1 N–H and O–H groups in total. The standard InChI is InChI=1S/C15H11BrN2O2S/c1-20-11-5-6-12-13(8-11)21-15(17-12)18-14(19)9-3-2-4-10(16)7-9/h2-8H,1H3,(H,17,18,19). The molecule has 1 heterocycles. The molecular weight excluding hydrogens is 352 g/mol. The van der Waals surface area contributed by atoms with Crippen LogP contribution in [-0.2, 0) is 0 Å². The number of fused-ring (bicyclic) bond motifs is 1. The van der Waals surface area contributed by atoms with Crippen LogP contribution in [-0.4, -0.2) is 18.0 Å². The highest BCUT2D eigenvalue weighted by atomic mass is 79.9. The Morgan fingerprint density at radius 1 is 1.29 bits per heavy atom. The fraction of sp³-hybridized carbons (Fsp3) is 0.0667. The number of ether oxygens (including phenoxy) is 1. The third-order valence-electron chi connectivity index (χ3n) is 2.90. The molecule has 3 aromatic rings. The van der Waals surface area contributed by atoms with Crippen molar-refractivity contribution in [2.45, 2.75) is 0 Å². The van der Waals surface area contributed by atoms with Gasteiger partial charge in [0.25, 0.3) is 5.91 Å². The Morgan fingerprint density at radius 2 is 2.14 bits per heavy atom. The molecule has 2 aromatic carbocycles. The summed E-state index contributed by atoms with van der Waals surface area (Å²) in [4.78, 5) is 16.6. The SMILES string of the molecule is COc1ccc2nc(NC(=O)c3cccc(Br)c3)sc2c1. The molecule has 4 nitrogen and oxygen atoms in total. The molecule has 21 heavy (non-hydrogen) atoms. The molecule has 0 radical (unpaired) electrons. The maximum atomic E-state index is 12.2. The molecule has 0 aliphatic carbocycles. The minimum absolute atomic E-state index is 0.178. The summed E-state index contributed by atoms with van der Waals surface area (Å²) in [6, 6.07) is 12.9. The summed E-state index contributed by atoms with van der Waals surface area (Å²) < 4.78 is 7.02. The first-order chi connectivity index (χ1) is 10.2. The maximum absolute atomic E-state index is 12.2. The van der Waals surface area contributed by atoms with Crippen molar-refractivity contribution in [2.24, 2.45) is 0 Å². The number of benzene rings is 2. The summed E-state index contributed by atoms with van der Waals surface area (Å²) in [6.45, 7) is 0. The summed E-state index contributed by atoms with van der Waals surface area (Å²) in [5, 5.41) is 3.39. The number of hydrogen-bond donors (Lipinski definition) is 1. The van der Waals surface area contributed by atoms with Gasteiger partial charge in [0, 0.05) is 10.0 Å². The minimum Gasteiger partial charge on any atom is -0.497 e. The zero-order valence-electron chi connectivity index (χ0n) is 11.1. The molecular formula is C15H11BrN2O2S. The number of rotatable bonds is 3. The van der Waals surface area contributed by atoms with Crippen LogP contribution in [0.3, 0.4) is 0 Å². The van der Waals surface area contributed by atoms with Crippen molar-refractivity contribution in [3.63, 3.8) is 0 Å². The lowest BCUT2D eigenvalue weighted by Crippen LogP contribution is -2.11. The molecule has 106 valence electrons. The molecule has 1 amide bonds. The van der Waals surface area contributed by atoms with Crippen LogP contribution in [0.4, 0.5) is 5.13 Å². The molecule has 0 aliphatic heterocycles. The second kappa shape index (κ2) is 5.83. The lowest BCUT2D eigenvalue weighted by molar-refractivity contribution is 0.102. The van der Waals surface area contributed by atoms with Crippen LogP contribution in [0.25, 0.3) is 10.2 Å². The molecule has 0 aliphatic rings. The first-order valence-corrected chi connectivity index (χ1v) is 7.78. The van der Waals surface area contributed by atoms with Gasteiger partial charge in [0.1, 0.15) is 5.75 Å². The van der Waals surface area contributed by atoms with Crippen molar-refractivity contribution in [2.75, 3.05) is 12.4 Å². The van der Waals surface area contributed by atoms with Crippen molar-refractivity contribution >= 4 is 48.5 Å². The molecule has 0 atom stereocenters. The average Bonchev–Trinajstić information content (AvgIpc) is 2.88. The zero-order valence-corrected chi connectivity index (χ0v) is 13.5. The van der Waals surface area contributed by atoms with Crippen molar-refractivity contribution in [3.05, 3.63) is 52.5 Å². The second-order valence-electron chi connectivity index (χ2n) is 4.32. The smallest absolute Gasteiger partial charge is 0.257 e. The normalized spacial score (nSPS) is 10.6. The third kappa shape index (κ3) is 3.06. The Morgan fingerprint density at radius 3 is 2.90 bits per heavy atom. The number of nitrogens with one attached hydrogen (secondary N) is 1. The van der Waals surface area contributed by atoms with E-state index in [0.717, 1.165) is 20.4 Å². The monoisotopic (exact) mass is 362 g/mol. The van der Waals surface area contributed by atoms with Crippen molar-refractivity contribution in [3.8, 4) is 5.75 Å². The number of hydrogen-bond acceptors (Lipinski definition) is 4. The highest BCUT2D eigenvalue weighted by Crippen LogP contribution is 2.29. The summed E-state index contributed by atoms with van der Waals surface area (Å²) in [5.74, 6) is 0.596. The van der Waals surface area contributed by atoms with E-state index >= 15 is 0 Å². The number of methoxy groups -OCH3 is 1. The highest BCUT2D eigenvalue weighted by molar-refractivity contribution is 9.10. The molecule has 3 rings (SSSR count). The Hall–Kier alpha value is -1.92. The van der Waals surface area contributed by atoms with Gasteiger partial charge in [-0.25, -0.2) is 4.98 Å². The van der Waals surface area contributed by atoms with Crippen LogP contribution in [0, 0.1) is 0 Å². The van der Waals surface area contributed by atoms with Crippen molar-refractivity contribution < 1.29 is 9.53 Å². The maximum Gasteiger partial charge on any atom is 0.257 e. The van der Waals surface area contributed by atoms with Crippen LogP contribution >= 0.6 is 27.3 Å². The summed E-state index contributed by atoms with van der Waals surface area (Å²) in [6.07, 6.45) is 0. The predicted molar refractivity (Wildman–Crippen MR) is 88.3 cm³/mol. The van der Waals surface area contributed by atoms with Gasteiger partial charge in [-0.05, 0) is 36.4 Å². The van der Waals surface area contributed by atoms with E-state index in [1.54, 1.807) is 19.2 Å². The van der Waals surface area contributed by atoms with Gasteiger partial charge < -0.3 is 4.74 Å². The van der Waals surface area contributed by atoms with Gasteiger partial charge in [0.15, 0.2) is 5.13 Å². The Balaban J connectivity index is 1.86. The zero-order chi connectivity index (χ0) is 14.8. The number of halogens is 1. The lowest BCUT2D eigenvalue weighted by Gasteiger charge is -2.01.